The molecule has 1 aliphatic rings. The second-order valence-electron chi connectivity index (χ2n) is 4.58. The fraction of sp³-hybridized carbons (Fsp3) is 0.700. The molecule has 1 aliphatic carbocycles. The van der Waals surface area contributed by atoms with Crippen LogP contribution in [0.25, 0.3) is 0 Å². The summed E-state index contributed by atoms with van der Waals surface area (Å²) in [7, 11) is 0. The van der Waals surface area contributed by atoms with E-state index in [9.17, 15) is 27.6 Å². The predicted octanol–water partition coefficient (Wildman–Crippen LogP) is -0.0302. The first kappa shape index (κ1) is 16.1. The third kappa shape index (κ3) is 4.00. The number of rotatable bonds is 5. The molecular weight excluding hydrogens is 283 g/mol. The lowest BCUT2D eigenvalue weighted by molar-refractivity contribution is -0.203. The molecule has 3 amide bonds. The molecule has 0 aromatic rings. The van der Waals surface area contributed by atoms with E-state index >= 15 is 0 Å². The summed E-state index contributed by atoms with van der Waals surface area (Å²) in [5.41, 5.74) is -3.43. The number of aliphatic carboxylic acids is 1. The molecule has 0 heterocycles. The summed E-state index contributed by atoms with van der Waals surface area (Å²) in [6.45, 7) is -0.213. The molecule has 1 fully saturated rings. The van der Waals surface area contributed by atoms with Crippen molar-refractivity contribution >= 4 is 17.9 Å². The van der Waals surface area contributed by atoms with Crippen molar-refractivity contribution in [2.45, 2.75) is 37.5 Å². The second kappa shape index (κ2) is 5.55. The Morgan fingerprint density at radius 1 is 1.25 bits per heavy atom. The number of nitrogens with one attached hydrogen (secondary N) is 3. The second-order valence-corrected chi connectivity index (χ2v) is 4.58. The summed E-state index contributed by atoms with van der Waals surface area (Å²) in [6.07, 6.45) is -3.53. The minimum absolute atomic E-state index is 0.0480. The van der Waals surface area contributed by atoms with Crippen molar-refractivity contribution in [3.8, 4) is 0 Å². The smallest absolute Gasteiger partial charge is 0.422 e. The zero-order valence-electron chi connectivity index (χ0n) is 10.5. The monoisotopic (exact) mass is 297 g/mol. The van der Waals surface area contributed by atoms with Gasteiger partial charge in [0.1, 0.15) is 0 Å². The summed E-state index contributed by atoms with van der Waals surface area (Å²) < 4.78 is 37.8. The Morgan fingerprint density at radius 3 is 2.20 bits per heavy atom. The first-order valence-corrected chi connectivity index (χ1v) is 5.72. The highest BCUT2D eigenvalue weighted by atomic mass is 19.4. The van der Waals surface area contributed by atoms with Crippen LogP contribution in [0.15, 0.2) is 0 Å². The molecule has 1 rings (SSSR count). The highest BCUT2D eigenvalue weighted by Gasteiger charge is 2.58. The molecule has 0 radical (unpaired) electrons. The topological polar surface area (TPSA) is 108 Å². The third-order valence-electron chi connectivity index (χ3n) is 2.71. The molecule has 0 aliphatic heterocycles. The van der Waals surface area contributed by atoms with Crippen LogP contribution in [-0.2, 0) is 9.59 Å². The standard InChI is InChI=1S/C10H14F3N3O4/c1-9(7(18)19,10(11,12)13)16-8(20)14-4-6(17)15-5-2-3-5/h5H,2-4H2,1H3,(H,15,17)(H,18,19)(H2,14,16,20). The van der Waals surface area contributed by atoms with Crippen LogP contribution in [-0.4, -0.2) is 47.3 Å². The maximum absolute atomic E-state index is 12.6. The summed E-state index contributed by atoms with van der Waals surface area (Å²) in [6, 6.07) is -1.34. The van der Waals surface area contributed by atoms with E-state index < -0.39 is 36.2 Å². The summed E-state index contributed by atoms with van der Waals surface area (Å²) in [5.74, 6) is -2.80. The number of amides is 3. The minimum atomic E-state index is -5.17. The van der Waals surface area contributed by atoms with Crippen molar-refractivity contribution in [3.05, 3.63) is 0 Å². The highest BCUT2D eigenvalue weighted by molar-refractivity contribution is 5.89. The molecule has 10 heteroatoms. The van der Waals surface area contributed by atoms with E-state index in [0.717, 1.165) is 12.8 Å². The van der Waals surface area contributed by atoms with Gasteiger partial charge in [-0.05, 0) is 19.8 Å². The van der Waals surface area contributed by atoms with Gasteiger partial charge >= 0.3 is 18.2 Å². The van der Waals surface area contributed by atoms with E-state index in [-0.39, 0.29) is 6.04 Å². The van der Waals surface area contributed by atoms with Crippen LogP contribution in [0.2, 0.25) is 0 Å². The molecule has 0 aromatic carbocycles. The number of hydrogen-bond donors (Lipinski definition) is 4. The van der Waals surface area contributed by atoms with E-state index in [1.165, 1.54) is 5.32 Å². The highest BCUT2D eigenvalue weighted by Crippen LogP contribution is 2.30. The molecule has 0 spiro atoms. The van der Waals surface area contributed by atoms with Gasteiger partial charge in [0.25, 0.3) is 0 Å². The summed E-state index contributed by atoms with van der Waals surface area (Å²) in [5, 5.41) is 14.3. The minimum Gasteiger partial charge on any atom is -0.479 e. The quantitative estimate of drug-likeness (QED) is 0.571. The predicted molar refractivity (Wildman–Crippen MR) is 59.8 cm³/mol. The lowest BCUT2D eigenvalue weighted by Crippen LogP contribution is -2.64. The Hall–Kier alpha value is -2.00. The number of alkyl halides is 3. The maximum Gasteiger partial charge on any atom is 0.422 e. The van der Waals surface area contributed by atoms with Gasteiger partial charge in [-0.1, -0.05) is 0 Å². The number of carbonyl (C=O) groups excluding carboxylic acids is 2. The number of urea groups is 1. The SMILES string of the molecule is CC(NC(=O)NCC(=O)NC1CC1)(C(=O)O)C(F)(F)F. The van der Waals surface area contributed by atoms with Gasteiger partial charge in [0.15, 0.2) is 0 Å². The summed E-state index contributed by atoms with van der Waals surface area (Å²) in [4.78, 5) is 33.1. The van der Waals surface area contributed by atoms with Crippen LogP contribution in [0.5, 0.6) is 0 Å². The van der Waals surface area contributed by atoms with E-state index in [0.29, 0.717) is 6.92 Å². The third-order valence-corrected chi connectivity index (χ3v) is 2.71. The van der Waals surface area contributed by atoms with Gasteiger partial charge in [-0.25, -0.2) is 9.59 Å². The van der Waals surface area contributed by atoms with Crippen LogP contribution in [0, 0.1) is 0 Å². The lowest BCUT2D eigenvalue weighted by Gasteiger charge is -2.28. The molecule has 1 atom stereocenters. The number of carboxylic acids is 1. The molecule has 1 saturated carbocycles. The van der Waals surface area contributed by atoms with Gasteiger partial charge in [-0.15, -0.1) is 0 Å². The Morgan fingerprint density at radius 2 is 1.80 bits per heavy atom. The van der Waals surface area contributed by atoms with Gasteiger partial charge < -0.3 is 21.1 Å². The van der Waals surface area contributed by atoms with E-state index in [2.05, 4.69) is 5.32 Å². The van der Waals surface area contributed by atoms with E-state index in [1.807, 2.05) is 5.32 Å². The molecule has 7 nitrogen and oxygen atoms in total. The van der Waals surface area contributed by atoms with Crippen molar-refractivity contribution in [1.29, 1.82) is 0 Å². The zero-order valence-corrected chi connectivity index (χ0v) is 10.5. The Labute approximate surface area is 111 Å². The van der Waals surface area contributed by atoms with Crippen molar-refractivity contribution in [2.75, 3.05) is 6.54 Å². The van der Waals surface area contributed by atoms with Crippen molar-refractivity contribution in [1.82, 2.24) is 16.0 Å². The normalized spacial score (nSPS) is 17.8. The zero-order chi connectivity index (χ0) is 15.6. The number of carbonyl (C=O) groups is 3. The number of halogens is 3. The van der Waals surface area contributed by atoms with E-state index in [1.54, 1.807) is 0 Å². The average Bonchev–Trinajstić information content (AvgIpc) is 3.08. The van der Waals surface area contributed by atoms with Crippen molar-refractivity contribution in [2.24, 2.45) is 0 Å². The van der Waals surface area contributed by atoms with Gasteiger partial charge in [-0.2, -0.15) is 13.2 Å². The summed E-state index contributed by atoms with van der Waals surface area (Å²) >= 11 is 0. The van der Waals surface area contributed by atoms with Gasteiger partial charge in [0, 0.05) is 6.04 Å². The lowest BCUT2D eigenvalue weighted by atomic mass is 10.0. The molecule has 0 aromatic heterocycles. The molecule has 4 N–H and O–H groups in total. The van der Waals surface area contributed by atoms with Crippen LogP contribution in [0.3, 0.4) is 0 Å². The van der Waals surface area contributed by atoms with Crippen LogP contribution >= 0.6 is 0 Å². The van der Waals surface area contributed by atoms with E-state index in [4.69, 9.17) is 5.11 Å². The number of hydrogen-bond acceptors (Lipinski definition) is 3. The molecular formula is C10H14F3N3O4. The van der Waals surface area contributed by atoms with Crippen LogP contribution in [0.4, 0.5) is 18.0 Å². The average molecular weight is 297 g/mol. The van der Waals surface area contributed by atoms with Gasteiger partial charge in [-0.3, -0.25) is 4.79 Å². The molecule has 114 valence electrons. The van der Waals surface area contributed by atoms with Gasteiger partial charge in [0.2, 0.25) is 11.4 Å². The Balaban J connectivity index is 2.50. The Bertz CT molecular complexity index is 422. The van der Waals surface area contributed by atoms with Crippen LogP contribution < -0.4 is 16.0 Å². The van der Waals surface area contributed by atoms with Crippen LogP contribution in [0.1, 0.15) is 19.8 Å². The van der Waals surface area contributed by atoms with Crippen molar-refractivity contribution < 1.29 is 32.7 Å². The molecule has 1 unspecified atom stereocenters. The fourth-order valence-corrected chi connectivity index (χ4v) is 1.18. The fourth-order valence-electron chi connectivity index (χ4n) is 1.18. The molecule has 20 heavy (non-hydrogen) atoms. The first-order valence-electron chi connectivity index (χ1n) is 5.72. The van der Waals surface area contributed by atoms with Crippen molar-refractivity contribution in [3.63, 3.8) is 0 Å². The number of carboxylic acid groups (broad SMARTS) is 1. The first-order chi connectivity index (χ1) is 9.06. The Kier molecular flexibility index (Phi) is 4.46. The molecule has 0 bridgehead atoms. The maximum atomic E-state index is 12.6. The largest absolute Gasteiger partial charge is 0.479 e. The van der Waals surface area contributed by atoms with Gasteiger partial charge in [0.05, 0.1) is 6.54 Å². The molecule has 0 saturated heterocycles.